The molecule has 0 aromatic heterocycles. The number of nitrogens with zero attached hydrogens (tertiary/aromatic N) is 2. The highest BCUT2D eigenvalue weighted by atomic mass is 15.2. The zero-order valence-corrected chi connectivity index (χ0v) is 13.3. The Morgan fingerprint density at radius 1 is 1.25 bits per heavy atom. The smallest absolute Gasteiger partial charge is 0.103 e. The SMILES string of the molecule is CCNC(C)(C#N)CCCN1CCC[C@H]2CCCC[C@H]21. The normalized spacial score (nSPS) is 30.2. The van der Waals surface area contributed by atoms with Gasteiger partial charge in [0.25, 0.3) is 0 Å². The van der Waals surface area contributed by atoms with E-state index < -0.39 is 0 Å². The average molecular weight is 277 g/mol. The quantitative estimate of drug-likeness (QED) is 0.809. The van der Waals surface area contributed by atoms with Gasteiger partial charge in [-0.2, -0.15) is 5.26 Å². The fourth-order valence-electron chi connectivity index (χ4n) is 4.22. The summed E-state index contributed by atoms with van der Waals surface area (Å²) < 4.78 is 0. The molecule has 1 aliphatic heterocycles. The second kappa shape index (κ2) is 7.43. The number of nitriles is 1. The molecule has 1 saturated heterocycles. The summed E-state index contributed by atoms with van der Waals surface area (Å²) in [4.78, 5) is 2.73. The van der Waals surface area contributed by atoms with E-state index in [1.807, 2.05) is 6.92 Å². The van der Waals surface area contributed by atoms with Crippen LogP contribution in [0.4, 0.5) is 0 Å². The first-order valence-corrected chi connectivity index (χ1v) is 8.59. The number of hydrogen-bond donors (Lipinski definition) is 1. The van der Waals surface area contributed by atoms with Crippen LogP contribution in [0.5, 0.6) is 0 Å². The van der Waals surface area contributed by atoms with E-state index in [4.69, 9.17) is 0 Å². The van der Waals surface area contributed by atoms with Gasteiger partial charge in [-0.05, 0) is 71.0 Å². The molecule has 2 aliphatic rings. The lowest BCUT2D eigenvalue weighted by Crippen LogP contribution is -2.47. The fourth-order valence-corrected chi connectivity index (χ4v) is 4.22. The van der Waals surface area contributed by atoms with E-state index in [1.54, 1.807) is 0 Å². The van der Waals surface area contributed by atoms with Gasteiger partial charge in [-0.25, -0.2) is 0 Å². The van der Waals surface area contributed by atoms with Gasteiger partial charge in [0.05, 0.1) is 6.07 Å². The Balaban J connectivity index is 1.79. The average Bonchev–Trinajstić information content (AvgIpc) is 2.48. The molecule has 1 aliphatic carbocycles. The molecule has 114 valence electrons. The first-order valence-electron chi connectivity index (χ1n) is 8.59. The van der Waals surface area contributed by atoms with E-state index >= 15 is 0 Å². The second-order valence-corrected chi connectivity index (χ2v) is 6.87. The lowest BCUT2D eigenvalue weighted by Gasteiger charge is -2.44. The Bertz CT molecular complexity index is 334. The van der Waals surface area contributed by atoms with E-state index in [0.717, 1.165) is 31.3 Å². The molecule has 1 N–H and O–H groups in total. The lowest BCUT2D eigenvalue weighted by molar-refractivity contribution is 0.0585. The number of nitrogens with one attached hydrogen (secondary N) is 1. The Morgan fingerprint density at radius 3 is 2.75 bits per heavy atom. The van der Waals surface area contributed by atoms with Crippen molar-refractivity contribution in [3.63, 3.8) is 0 Å². The van der Waals surface area contributed by atoms with Crippen LogP contribution in [-0.2, 0) is 0 Å². The highest BCUT2D eigenvalue weighted by Crippen LogP contribution is 2.35. The molecule has 3 atom stereocenters. The van der Waals surface area contributed by atoms with Crippen molar-refractivity contribution in [1.82, 2.24) is 10.2 Å². The molecule has 0 radical (unpaired) electrons. The molecule has 0 spiro atoms. The van der Waals surface area contributed by atoms with Gasteiger partial charge in [0.1, 0.15) is 5.54 Å². The summed E-state index contributed by atoms with van der Waals surface area (Å²) in [6.07, 6.45) is 10.7. The highest BCUT2D eigenvalue weighted by molar-refractivity contribution is 5.03. The van der Waals surface area contributed by atoms with Crippen LogP contribution in [-0.4, -0.2) is 36.1 Å². The Labute approximate surface area is 124 Å². The first kappa shape index (κ1) is 15.8. The van der Waals surface area contributed by atoms with E-state index in [0.29, 0.717) is 0 Å². The number of likely N-dealkylation sites (tertiary alicyclic amines) is 1. The predicted molar refractivity (Wildman–Crippen MR) is 83.5 cm³/mol. The van der Waals surface area contributed by atoms with Gasteiger partial charge in [-0.1, -0.05) is 19.8 Å². The predicted octanol–water partition coefficient (Wildman–Crippen LogP) is 3.31. The summed E-state index contributed by atoms with van der Waals surface area (Å²) in [7, 11) is 0. The molecular formula is C17H31N3. The number of fused-ring (bicyclic) bond motifs is 1. The summed E-state index contributed by atoms with van der Waals surface area (Å²) in [5, 5.41) is 12.6. The monoisotopic (exact) mass is 277 g/mol. The molecule has 3 heteroatoms. The molecule has 0 aromatic rings. The van der Waals surface area contributed by atoms with Crippen LogP contribution in [0.2, 0.25) is 0 Å². The minimum absolute atomic E-state index is 0.337. The fraction of sp³-hybridized carbons (Fsp3) is 0.941. The molecule has 0 amide bonds. The topological polar surface area (TPSA) is 39.1 Å². The van der Waals surface area contributed by atoms with Crippen molar-refractivity contribution in [3.05, 3.63) is 0 Å². The molecule has 3 nitrogen and oxygen atoms in total. The Hall–Kier alpha value is -0.590. The molecule has 1 unspecified atom stereocenters. The maximum atomic E-state index is 9.31. The van der Waals surface area contributed by atoms with Gasteiger partial charge in [-0.3, -0.25) is 5.32 Å². The minimum atomic E-state index is -0.337. The van der Waals surface area contributed by atoms with Crippen LogP contribution in [0.25, 0.3) is 0 Å². The minimum Gasteiger partial charge on any atom is -0.300 e. The van der Waals surface area contributed by atoms with Crippen LogP contribution in [0.1, 0.15) is 65.2 Å². The van der Waals surface area contributed by atoms with E-state index in [-0.39, 0.29) is 5.54 Å². The summed E-state index contributed by atoms with van der Waals surface area (Å²) >= 11 is 0. The molecule has 20 heavy (non-hydrogen) atoms. The van der Waals surface area contributed by atoms with Gasteiger partial charge in [0.15, 0.2) is 0 Å². The van der Waals surface area contributed by atoms with Crippen LogP contribution in [0.3, 0.4) is 0 Å². The summed E-state index contributed by atoms with van der Waals surface area (Å²) in [6.45, 7) is 7.46. The van der Waals surface area contributed by atoms with Crippen molar-refractivity contribution < 1.29 is 0 Å². The van der Waals surface area contributed by atoms with E-state index in [9.17, 15) is 5.26 Å². The third-order valence-electron chi connectivity index (χ3n) is 5.29. The molecule has 1 heterocycles. The van der Waals surface area contributed by atoms with Crippen molar-refractivity contribution in [1.29, 1.82) is 5.26 Å². The molecule has 2 rings (SSSR count). The van der Waals surface area contributed by atoms with Gasteiger partial charge in [0.2, 0.25) is 0 Å². The lowest BCUT2D eigenvalue weighted by atomic mass is 9.78. The number of rotatable bonds is 6. The van der Waals surface area contributed by atoms with E-state index in [1.165, 1.54) is 51.6 Å². The molecule has 2 fully saturated rings. The zero-order valence-electron chi connectivity index (χ0n) is 13.3. The summed E-state index contributed by atoms with van der Waals surface area (Å²) in [5.41, 5.74) is -0.337. The van der Waals surface area contributed by atoms with Crippen molar-refractivity contribution in [2.45, 2.75) is 76.8 Å². The highest BCUT2D eigenvalue weighted by Gasteiger charge is 2.33. The number of piperidine rings is 1. The largest absolute Gasteiger partial charge is 0.300 e. The van der Waals surface area contributed by atoms with Gasteiger partial charge in [-0.15, -0.1) is 0 Å². The van der Waals surface area contributed by atoms with Crippen molar-refractivity contribution >= 4 is 0 Å². The van der Waals surface area contributed by atoms with Crippen LogP contribution >= 0.6 is 0 Å². The second-order valence-electron chi connectivity index (χ2n) is 6.87. The Morgan fingerprint density at radius 2 is 2.00 bits per heavy atom. The van der Waals surface area contributed by atoms with Crippen molar-refractivity contribution in [3.8, 4) is 6.07 Å². The van der Waals surface area contributed by atoms with Crippen LogP contribution < -0.4 is 5.32 Å². The van der Waals surface area contributed by atoms with Gasteiger partial charge < -0.3 is 4.90 Å². The maximum absolute atomic E-state index is 9.31. The van der Waals surface area contributed by atoms with Crippen LogP contribution in [0.15, 0.2) is 0 Å². The van der Waals surface area contributed by atoms with Gasteiger partial charge >= 0.3 is 0 Å². The maximum Gasteiger partial charge on any atom is 0.103 e. The van der Waals surface area contributed by atoms with E-state index in [2.05, 4.69) is 23.2 Å². The molecular weight excluding hydrogens is 246 g/mol. The van der Waals surface area contributed by atoms with Crippen LogP contribution in [0, 0.1) is 17.2 Å². The zero-order chi connectivity index (χ0) is 14.4. The third-order valence-corrected chi connectivity index (χ3v) is 5.29. The van der Waals surface area contributed by atoms with Crippen molar-refractivity contribution in [2.24, 2.45) is 5.92 Å². The van der Waals surface area contributed by atoms with Gasteiger partial charge in [0, 0.05) is 6.04 Å². The standard InChI is InChI=1S/C17H31N3/c1-3-19-17(2,14-18)11-7-13-20-12-6-9-15-8-4-5-10-16(15)20/h15-16,19H,3-13H2,1-2H3/t15-,16-,17?/m1/s1. The summed E-state index contributed by atoms with van der Waals surface area (Å²) in [5.74, 6) is 0.966. The first-order chi connectivity index (χ1) is 9.68. The van der Waals surface area contributed by atoms with Crippen molar-refractivity contribution in [2.75, 3.05) is 19.6 Å². The third kappa shape index (κ3) is 3.96. The Kier molecular flexibility index (Phi) is 5.86. The molecule has 0 bridgehead atoms. The molecule has 0 aromatic carbocycles. The summed E-state index contributed by atoms with van der Waals surface area (Å²) in [6, 6.07) is 3.30. The molecule has 1 saturated carbocycles. The number of hydrogen-bond acceptors (Lipinski definition) is 3.